The van der Waals surface area contributed by atoms with Crippen LogP contribution < -0.4 is 0 Å². The lowest BCUT2D eigenvalue weighted by atomic mass is 9.81. The van der Waals surface area contributed by atoms with Gasteiger partial charge in [-0.05, 0) is 35.8 Å². The Kier molecular flexibility index (Phi) is 9.25. The third-order valence-electron chi connectivity index (χ3n) is 7.76. The first-order valence-electron chi connectivity index (χ1n) is 14.1. The van der Waals surface area contributed by atoms with Crippen molar-refractivity contribution in [1.82, 2.24) is 9.88 Å². The monoisotopic (exact) mass is 614 g/mol. The van der Waals surface area contributed by atoms with Crippen molar-refractivity contribution < 1.29 is 33.4 Å². The summed E-state index contributed by atoms with van der Waals surface area (Å²) in [4.78, 5) is 57.8. The third kappa shape index (κ3) is 6.28. The summed E-state index contributed by atoms with van der Waals surface area (Å²) < 4.78 is 16.7. The normalized spacial score (nSPS) is 21.4. The van der Waals surface area contributed by atoms with Gasteiger partial charge in [-0.3, -0.25) is 14.6 Å². The summed E-state index contributed by atoms with van der Waals surface area (Å²) in [5.74, 6) is -2.51. The molecule has 0 bridgehead atoms. The van der Waals surface area contributed by atoms with Crippen molar-refractivity contribution in [1.29, 1.82) is 0 Å². The fourth-order valence-electron chi connectivity index (χ4n) is 5.69. The number of carbonyl (C=O) groups excluding carboxylic acids is 4. The van der Waals surface area contributed by atoms with Crippen LogP contribution in [0.25, 0.3) is 6.08 Å². The van der Waals surface area contributed by atoms with E-state index in [-0.39, 0.29) is 30.6 Å². The summed E-state index contributed by atoms with van der Waals surface area (Å²) in [5, 5.41) is 0. The molecule has 5 rings (SSSR count). The average molecular weight is 615 g/mol. The lowest BCUT2D eigenvalue weighted by Gasteiger charge is -2.41. The van der Waals surface area contributed by atoms with Crippen molar-refractivity contribution in [3.63, 3.8) is 0 Å². The molecule has 3 heterocycles. The molecule has 3 aromatic rings. The fraction of sp³-hybridized carbons (Fsp3) is 0.265. The number of ether oxygens (including phenoxy) is 3. The molecule has 1 unspecified atom stereocenters. The molecule has 1 amide bonds. The number of pyridine rings is 1. The molecular weight excluding hydrogens is 584 g/mol. The lowest BCUT2D eigenvalue weighted by molar-refractivity contribution is -0.165. The zero-order valence-corrected chi connectivity index (χ0v) is 24.8. The molecule has 226 valence electrons. The van der Waals surface area contributed by atoms with Gasteiger partial charge in [-0.25, -0.2) is 9.59 Å². The first-order chi connectivity index (χ1) is 21.3. The maximum absolute atomic E-state index is 14.1. The van der Waals surface area contributed by atoms with E-state index in [0.29, 0.717) is 17.7 Å². The number of fused-ring (bicyclic) bond motifs is 1. The van der Waals surface area contributed by atoms with Crippen LogP contribution in [0, 0.1) is 5.41 Å². The fourth-order valence-corrected chi connectivity index (χ4v) is 5.76. The number of β-lactam (4-membered cyclic amide) rings is 1. The number of hydrogen-bond donors (Lipinski definition) is 0. The molecule has 9 nitrogen and oxygen atoms in total. The molecule has 0 N–H and O–H groups in total. The van der Waals surface area contributed by atoms with Crippen LogP contribution in [0.5, 0.6) is 0 Å². The van der Waals surface area contributed by atoms with E-state index in [9.17, 15) is 19.2 Å². The summed E-state index contributed by atoms with van der Waals surface area (Å²) in [6, 6.07) is 20.2. The number of nitrogens with zero attached hydrogens (tertiary/aromatic N) is 2. The Morgan fingerprint density at radius 2 is 1.73 bits per heavy atom. The Balaban J connectivity index is 1.45. The van der Waals surface area contributed by atoms with Crippen LogP contribution in [-0.2, 0) is 28.6 Å². The molecule has 1 aromatic heterocycles. The van der Waals surface area contributed by atoms with E-state index in [4.69, 9.17) is 25.8 Å². The van der Waals surface area contributed by atoms with Gasteiger partial charge in [0.25, 0.3) is 5.91 Å². The van der Waals surface area contributed by atoms with Crippen LogP contribution in [0.3, 0.4) is 0 Å². The van der Waals surface area contributed by atoms with E-state index >= 15 is 0 Å². The molecule has 0 aliphatic carbocycles. The van der Waals surface area contributed by atoms with Gasteiger partial charge in [0.05, 0.1) is 23.9 Å². The predicted octanol–water partition coefficient (Wildman–Crippen LogP) is 4.91. The standard InChI is InChI=1S/C34H31ClN2O7/c1-3-16-42-32(40)24-14-15-36-25(17-24)18-26-27-19-34(2,21-43-28(38)20-35)30(37(27)31(26)39)33(41)44-29(22-10-6-4-7-11-22)23-12-8-5-9-13-23/h3-15,17-18,27,29-30H,1,16,19-21H2,2H3/b26-18+/t27?,30-,34-/m0/s1. The average Bonchev–Trinajstić information content (AvgIpc) is 3.34. The lowest BCUT2D eigenvalue weighted by Crippen LogP contribution is -2.58. The number of alkyl halides is 1. The van der Waals surface area contributed by atoms with Gasteiger partial charge in [-0.15, -0.1) is 11.6 Å². The molecule has 2 aliphatic heterocycles. The van der Waals surface area contributed by atoms with Crippen LogP contribution >= 0.6 is 11.6 Å². The zero-order valence-electron chi connectivity index (χ0n) is 24.1. The molecule has 10 heteroatoms. The minimum atomic E-state index is -1.04. The van der Waals surface area contributed by atoms with Crippen molar-refractivity contribution in [2.45, 2.75) is 31.5 Å². The van der Waals surface area contributed by atoms with Crippen molar-refractivity contribution in [3.8, 4) is 0 Å². The van der Waals surface area contributed by atoms with Crippen LogP contribution in [0.4, 0.5) is 0 Å². The van der Waals surface area contributed by atoms with E-state index in [1.807, 2.05) is 60.7 Å². The Morgan fingerprint density at radius 1 is 1.07 bits per heavy atom. The van der Waals surface area contributed by atoms with Gasteiger partial charge in [0.15, 0.2) is 6.10 Å². The van der Waals surface area contributed by atoms with Crippen molar-refractivity contribution in [3.05, 3.63) is 120 Å². The van der Waals surface area contributed by atoms with E-state index < -0.39 is 41.5 Å². The Bertz CT molecular complexity index is 1550. The molecule has 2 fully saturated rings. The first-order valence-corrected chi connectivity index (χ1v) is 14.6. The molecule has 0 spiro atoms. The number of amides is 1. The summed E-state index contributed by atoms with van der Waals surface area (Å²) in [6.45, 7) is 5.25. The van der Waals surface area contributed by atoms with Crippen LogP contribution in [0.2, 0.25) is 0 Å². The smallest absolute Gasteiger partial charge is 0.338 e. The maximum Gasteiger partial charge on any atom is 0.338 e. The molecule has 0 radical (unpaired) electrons. The Hall–Kier alpha value is -4.76. The van der Waals surface area contributed by atoms with Gasteiger partial charge in [-0.1, -0.05) is 80.2 Å². The van der Waals surface area contributed by atoms with E-state index in [1.54, 1.807) is 13.0 Å². The number of esters is 3. The highest BCUT2D eigenvalue weighted by Gasteiger charge is 2.63. The van der Waals surface area contributed by atoms with Crippen LogP contribution in [0.1, 0.15) is 46.6 Å². The maximum atomic E-state index is 14.1. The Labute approximate surface area is 260 Å². The van der Waals surface area contributed by atoms with Gasteiger partial charge in [0, 0.05) is 17.2 Å². The van der Waals surface area contributed by atoms with Gasteiger partial charge in [0.2, 0.25) is 0 Å². The van der Waals surface area contributed by atoms with E-state index in [2.05, 4.69) is 11.6 Å². The quantitative estimate of drug-likeness (QED) is 0.0748. The topological polar surface area (TPSA) is 112 Å². The highest BCUT2D eigenvalue weighted by Crippen LogP contribution is 2.50. The second kappa shape index (κ2) is 13.3. The second-order valence-corrected chi connectivity index (χ2v) is 11.1. The van der Waals surface area contributed by atoms with E-state index in [1.165, 1.54) is 29.3 Å². The predicted molar refractivity (Wildman–Crippen MR) is 162 cm³/mol. The molecule has 2 aromatic carbocycles. The van der Waals surface area contributed by atoms with Gasteiger partial charge >= 0.3 is 17.9 Å². The molecule has 44 heavy (non-hydrogen) atoms. The summed E-state index contributed by atoms with van der Waals surface area (Å²) in [5.41, 5.74) is 1.64. The van der Waals surface area contributed by atoms with Gasteiger partial charge in [0.1, 0.15) is 18.5 Å². The third-order valence-corrected chi connectivity index (χ3v) is 7.98. The number of halogens is 1. The highest BCUT2D eigenvalue weighted by atomic mass is 35.5. The number of aromatic nitrogens is 1. The first kappa shape index (κ1) is 30.7. The molecule has 2 aliphatic rings. The molecule has 3 atom stereocenters. The summed E-state index contributed by atoms with van der Waals surface area (Å²) in [7, 11) is 0. The van der Waals surface area contributed by atoms with Gasteiger partial charge < -0.3 is 19.1 Å². The molecule has 0 saturated carbocycles. The second-order valence-electron chi connectivity index (χ2n) is 10.9. The van der Waals surface area contributed by atoms with Crippen molar-refractivity contribution in [2.24, 2.45) is 5.41 Å². The minimum absolute atomic E-state index is 0.0624. The minimum Gasteiger partial charge on any atom is -0.464 e. The number of rotatable bonds is 11. The van der Waals surface area contributed by atoms with Crippen LogP contribution in [-0.4, -0.2) is 64.9 Å². The molecular formula is C34H31ClN2O7. The van der Waals surface area contributed by atoms with Crippen LogP contribution in [0.15, 0.2) is 97.2 Å². The zero-order chi connectivity index (χ0) is 31.3. The largest absolute Gasteiger partial charge is 0.464 e. The number of carbonyl (C=O) groups is 4. The summed E-state index contributed by atoms with van der Waals surface area (Å²) >= 11 is 5.67. The van der Waals surface area contributed by atoms with Crippen molar-refractivity contribution in [2.75, 3.05) is 19.1 Å². The Morgan fingerprint density at radius 3 is 2.34 bits per heavy atom. The number of hydrogen-bond acceptors (Lipinski definition) is 8. The van der Waals surface area contributed by atoms with Crippen molar-refractivity contribution >= 4 is 41.5 Å². The van der Waals surface area contributed by atoms with Gasteiger partial charge in [-0.2, -0.15) is 0 Å². The highest BCUT2D eigenvalue weighted by molar-refractivity contribution is 6.26. The molecule has 2 saturated heterocycles. The number of benzene rings is 2. The summed E-state index contributed by atoms with van der Waals surface area (Å²) in [6.07, 6.45) is 4.12. The SMILES string of the molecule is C=CCOC(=O)c1ccnc(/C=C2/C(=O)N3C2C[C@@](C)(COC(=O)CCl)[C@@H]3C(=O)OC(c2ccccc2)c2ccccc2)c1. The van der Waals surface area contributed by atoms with E-state index in [0.717, 1.165) is 11.1 Å².